The topological polar surface area (TPSA) is 694 Å². The second-order valence-corrected chi connectivity index (χ2v) is 42.4. The number of nitrogens with one attached hydrogen (secondary N) is 9. The number of phenols is 3. The van der Waals surface area contributed by atoms with Gasteiger partial charge in [0.2, 0.25) is 53.4 Å². The zero-order valence-electron chi connectivity index (χ0n) is 78.5. The Labute approximate surface area is 850 Å². The lowest BCUT2D eigenvalue weighted by Gasteiger charge is -2.48. The highest BCUT2D eigenvalue weighted by molar-refractivity contribution is 7.70. The molecule has 49 heteroatoms. The minimum absolute atomic E-state index is 0. The first-order chi connectivity index (χ1) is 68.3. The molecular formula is C97H114Cl3N11O33P2. The minimum Gasteiger partial charge on any atom is -0.508 e. The van der Waals surface area contributed by atoms with Crippen LogP contribution in [0, 0.1) is 5.92 Å². The second kappa shape index (κ2) is 46.0. The molecule has 0 spiro atoms. The van der Waals surface area contributed by atoms with Crippen molar-refractivity contribution in [2.24, 2.45) is 17.4 Å². The van der Waals surface area contributed by atoms with E-state index in [-0.39, 0.29) is 55.1 Å². The van der Waals surface area contributed by atoms with Crippen molar-refractivity contribution in [2.45, 2.75) is 226 Å². The standard InChI is InChI=1S/C96H110Cl3N11O33P2.CH4/c1-41(2)26-59(102-7)87(122)109-77-79(117)49-17-24-63(57(98)29-49)138-65-31-51-32-66(83(65)143-94-84(81(119)80(118)67(39-111)140-94)142-71-37-96(6,86(121)43(4)137-71)103-38-45-8-12-46(13-9-45)47-14-19-52(97)20-15-47)139-64-25-18-50(30-58(64)99)82(141-70-36-95(5,101)85(120)42(3)136-70)78-92(127)108-76(93(128)135-40-69(116)104-53-21-10-44(11-22-53)27-72(144(129,130)131)145(132,133)134)56-33-54(112)34-62(114)73(56)55-28-48(16-23-61(55)113)74(89(124)110-78)107-90(125)75(51)106-88(123)60(35-68(100)115)105-91(77)126;/h8-25,28-34,41-43,59-60,67,70-72,74-82,84-86,94,102-103,111-114,117-121H,26-27,35-40,101H2,1-7H3,(H2,100,115)(H,104,116)(H,105,126)(H,106,123)(H,107,125)(H,108,127)(H,109,122)(H,110,124)(H2,129,130,131)(H2,132,133,134);1H4/t42-,43-,59+,60-,67+,70-,71-,74+,75+,76-,77+,78-,79+,80+,81-,82+,84+,85-,86-,94-,95-,96-;/m0./s1. The number of rotatable bonds is 26. The molecule has 786 valence electrons. The zero-order valence-corrected chi connectivity index (χ0v) is 82.5. The maximum Gasteiger partial charge on any atom is 0.341 e. The number of likely N-dealkylation sites (N-methyl/N-ethyl adjacent to an activating group) is 1. The summed E-state index contributed by atoms with van der Waals surface area (Å²) in [5, 5.41) is 129. The monoisotopic (exact) mass is 2130 g/mol. The molecule has 44 nitrogen and oxygen atoms in total. The molecule has 11 bridgehead atoms. The quantitative estimate of drug-likeness (QED) is 0.0236. The fourth-order valence-electron chi connectivity index (χ4n) is 17.9. The minimum atomic E-state index is -5.40. The van der Waals surface area contributed by atoms with Crippen molar-refractivity contribution in [3.63, 3.8) is 0 Å². The lowest BCUT2D eigenvalue weighted by molar-refractivity contribution is -0.334. The number of carbonyl (C=O) groups is 9. The maximum atomic E-state index is 16.8. The van der Waals surface area contributed by atoms with Gasteiger partial charge in [0, 0.05) is 63.9 Å². The number of ether oxygens (including phenoxy) is 9. The number of anilines is 1. The lowest BCUT2D eigenvalue weighted by Crippen LogP contribution is -2.65. The molecule has 8 aromatic carbocycles. The van der Waals surface area contributed by atoms with Gasteiger partial charge < -0.3 is 167 Å². The second-order valence-electron chi connectivity index (χ2n) is 37.1. The number of primary amides is 1. The number of aliphatic hydroxyl groups is 6. The smallest absolute Gasteiger partial charge is 0.341 e. The molecule has 0 aromatic heterocycles. The summed E-state index contributed by atoms with van der Waals surface area (Å²) >= 11 is 21.0. The summed E-state index contributed by atoms with van der Waals surface area (Å²) in [6.45, 7) is 7.56. The van der Waals surface area contributed by atoms with Crippen LogP contribution in [0.25, 0.3) is 22.3 Å². The van der Waals surface area contributed by atoms with Crippen molar-refractivity contribution >= 4 is 109 Å². The molecule has 8 aromatic rings. The highest BCUT2D eigenvalue weighted by Crippen LogP contribution is 2.61. The number of carbonyl (C=O) groups excluding carboxylic acids is 9. The molecule has 8 aliphatic rings. The number of aromatic hydroxyl groups is 3. The Hall–Kier alpha value is -11.6. The Morgan fingerprint density at radius 2 is 1.19 bits per heavy atom. The third-order valence-corrected chi connectivity index (χ3v) is 30.3. The van der Waals surface area contributed by atoms with Crippen LogP contribution in [-0.4, -0.2) is 247 Å². The first kappa shape index (κ1) is 112. The summed E-state index contributed by atoms with van der Waals surface area (Å²) in [4.78, 5) is 177. The predicted molar refractivity (Wildman–Crippen MR) is 522 cm³/mol. The van der Waals surface area contributed by atoms with Crippen molar-refractivity contribution in [2.75, 3.05) is 25.6 Å². The molecule has 8 heterocycles. The molecule has 8 amide bonds. The average Bonchev–Trinajstić information content (AvgIpc) is 0.753. The van der Waals surface area contributed by atoms with Crippen LogP contribution in [0.15, 0.2) is 152 Å². The molecule has 0 saturated carbocycles. The summed E-state index contributed by atoms with van der Waals surface area (Å²) < 4.78 is 83.1. The normalized spacial score (nSPS) is 27.3. The zero-order chi connectivity index (χ0) is 105. The van der Waals surface area contributed by atoms with E-state index in [2.05, 4.69) is 47.9 Å². The largest absolute Gasteiger partial charge is 0.508 e. The van der Waals surface area contributed by atoms with E-state index >= 15 is 28.8 Å². The van der Waals surface area contributed by atoms with Gasteiger partial charge >= 0.3 is 21.2 Å². The van der Waals surface area contributed by atoms with Crippen molar-refractivity contribution in [3.05, 3.63) is 206 Å². The van der Waals surface area contributed by atoms with E-state index < -0.39 is 323 Å². The van der Waals surface area contributed by atoms with E-state index in [1.165, 1.54) is 51.2 Å². The van der Waals surface area contributed by atoms with Crippen LogP contribution in [0.4, 0.5) is 5.69 Å². The van der Waals surface area contributed by atoms with Gasteiger partial charge in [-0.2, -0.15) is 0 Å². The third-order valence-electron chi connectivity index (χ3n) is 25.7. The number of benzene rings is 8. The average molecular weight is 2130 g/mol. The number of nitrogens with two attached hydrogens (primary N) is 2. The maximum absolute atomic E-state index is 16.8. The van der Waals surface area contributed by atoms with Gasteiger partial charge in [-0.25, -0.2) is 4.79 Å². The van der Waals surface area contributed by atoms with Gasteiger partial charge in [-0.3, -0.25) is 47.5 Å². The highest BCUT2D eigenvalue weighted by Gasteiger charge is 2.54. The van der Waals surface area contributed by atoms with Crippen LogP contribution in [-0.2, 0) is 93.7 Å². The highest BCUT2D eigenvalue weighted by atomic mass is 35.5. The van der Waals surface area contributed by atoms with Crippen molar-refractivity contribution < 1.29 is 160 Å². The Morgan fingerprint density at radius 1 is 0.616 bits per heavy atom. The van der Waals surface area contributed by atoms with Gasteiger partial charge in [-0.15, -0.1) is 0 Å². The van der Waals surface area contributed by atoms with E-state index in [0.29, 0.717) is 5.02 Å². The number of hydrogen-bond acceptors (Lipinski definition) is 32. The molecule has 3 saturated heterocycles. The first-order valence-electron chi connectivity index (χ1n) is 45.7. The molecule has 0 unspecified atom stereocenters. The Kier molecular flexibility index (Phi) is 35.2. The van der Waals surface area contributed by atoms with Crippen LogP contribution >= 0.6 is 50.0 Å². The molecule has 22 atom stereocenters. The van der Waals surface area contributed by atoms with Crippen molar-refractivity contribution in [3.8, 4) is 68.2 Å². The molecule has 146 heavy (non-hydrogen) atoms. The molecule has 16 rings (SSSR count). The molecular weight excluding hydrogens is 2020 g/mol. The number of aliphatic hydroxyl groups excluding tert-OH is 6. The molecule has 3 fully saturated rings. The Morgan fingerprint density at radius 3 is 1.79 bits per heavy atom. The van der Waals surface area contributed by atoms with Crippen LogP contribution in [0.5, 0.6) is 46.0 Å². The molecule has 26 N–H and O–H groups in total. The van der Waals surface area contributed by atoms with Crippen molar-refractivity contribution in [1.29, 1.82) is 0 Å². The molecule has 8 aliphatic heterocycles. The van der Waals surface area contributed by atoms with E-state index in [1.807, 2.05) is 36.4 Å². The number of phenolic OH excluding ortho intramolecular Hbond substituents is 3. The van der Waals surface area contributed by atoms with Crippen LogP contribution in [0.3, 0.4) is 0 Å². The van der Waals surface area contributed by atoms with Crippen molar-refractivity contribution in [1.82, 2.24) is 42.5 Å². The summed E-state index contributed by atoms with van der Waals surface area (Å²) in [7, 11) is -9.34. The predicted octanol–water partition coefficient (Wildman–Crippen LogP) is 5.45. The van der Waals surface area contributed by atoms with E-state index in [1.54, 1.807) is 39.8 Å². The van der Waals surface area contributed by atoms with Crippen LogP contribution in [0.1, 0.15) is 144 Å². The van der Waals surface area contributed by atoms with Gasteiger partial charge in [0.25, 0.3) is 5.91 Å². The molecule has 0 radical (unpaired) electrons. The number of hydrogen-bond donors (Lipinski definition) is 24. The fourth-order valence-corrected chi connectivity index (χ4v) is 21.0. The summed E-state index contributed by atoms with van der Waals surface area (Å²) in [5.74, 6) is -18.1. The number of fused-ring (bicyclic) bond motifs is 15. The van der Waals surface area contributed by atoms with Gasteiger partial charge in [-0.05, 0) is 177 Å². The van der Waals surface area contributed by atoms with E-state index in [0.717, 1.165) is 89.5 Å². The third kappa shape index (κ3) is 25.7. The van der Waals surface area contributed by atoms with Gasteiger partial charge in [0.05, 0.1) is 53.5 Å². The molecule has 0 aliphatic carbocycles. The van der Waals surface area contributed by atoms with E-state index in [9.17, 15) is 89.0 Å². The van der Waals surface area contributed by atoms with E-state index in [4.69, 9.17) is 88.9 Å². The van der Waals surface area contributed by atoms with Gasteiger partial charge in [0.1, 0.15) is 89.5 Å². The lowest BCUT2D eigenvalue weighted by atomic mass is 9.84. The summed E-state index contributed by atoms with van der Waals surface area (Å²) in [5.41, 5.74) is 8.85. The number of esters is 1. The van der Waals surface area contributed by atoms with Crippen LogP contribution < -0.4 is 73.5 Å². The fraction of sp³-hybridized carbons (Fsp3) is 0.412. The first-order valence-corrected chi connectivity index (χ1v) is 50.2. The number of halogens is 3. The SMILES string of the molecule is C.CN[C@H](CC(C)C)C(=O)N[C@H]1C(=O)N[C@@H](CC(N)=O)C(=O)N[C@H]2C(=O)N[C@H]3C(=O)N[C@H](C(=O)N[C@H](C(=O)OCC(=O)Nc4ccc(CC(P(=O)(O)O)P(=O)(O)O)cc4)c4cc(O)cc(O)c4-c4cc3ccc4O)[C@H](O[C@H]3C[C@](C)(N)[C@@H](O)[C@H](C)O3)c3ccc(c(Cl)c3)Oc3cc2cc(c3O[C@@H]2O[C@H](CO)[C@@H](O)[C@H](O)[C@H]2O[C@H]2C[C@](C)(NCc3ccc(-c4ccc(Cl)cc4)cc3)[C@@H](O)[C@H](C)O2)Oc2ccc(cc2Cl)[C@H]1O. The Bertz CT molecular complexity index is 6290. The van der Waals surface area contributed by atoms with Gasteiger partial charge in [0.15, 0.2) is 48.2 Å². The van der Waals surface area contributed by atoms with Crippen LogP contribution in [0.2, 0.25) is 15.1 Å². The van der Waals surface area contributed by atoms with Gasteiger partial charge in [-0.1, -0.05) is 123 Å². The number of amides is 8. The Balaban J connectivity index is 0.0000178. The summed E-state index contributed by atoms with van der Waals surface area (Å²) in [6, 6.07) is 17.9. The summed E-state index contributed by atoms with van der Waals surface area (Å²) in [6.07, 6.45) is -24.8.